The molecule has 0 radical (unpaired) electrons. The second-order valence-electron chi connectivity index (χ2n) is 12.9. The second-order valence-corrected chi connectivity index (χ2v) is 12.9. The molecule has 0 saturated heterocycles. The van der Waals surface area contributed by atoms with E-state index < -0.39 is 53.1 Å². The second kappa shape index (κ2) is 13.3. The predicted molar refractivity (Wildman–Crippen MR) is 145 cm³/mol. The summed E-state index contributed by atoms with van der Waals surface area (Å²) in [5.41, 5.74) is 4.83. The smallest absolute Gasteiger partial charge is 0.458 e. The molecule has 10 heteroatoms. The molecule has 0 aromatic heterocycles. The zero-order valence-corrected chi connectivity index (χ0v) is 25.1. The van der Waals surface area contributed by atoms with E-state index in [-0.39, 0.29) is 29.9 Å². The number of rotatable bonds is 9. The number of benzene rings is 1. The van der Waals surface area contributed by atoms with E-state index in [9.17, 15) is 19.2 Å². The third-order valence-corrected chi connectivity index (χ3v) is 5.26. The third kappa shape index (κ3) is 12.1. The number of ether oxygens (including phenoxy) is 5. The Kier molecular flexibility index (Phi) is 11.5. The van der Waals surface area contributed by atoms with Crippen molar-refractivity contribution in [2.75, 3.05) is 6.61 Å². The van der Waals surface area contributed by atoms with E-state index in [4.69, 9.17) is 29.4 Å². The first-order chi connectivity index (χ1) is 17.6. The van der Waals surface area contributed by atoms with Gasteiger partial charge >= 0.3 is 24.1 Å². The molecule has 2 N–H and O–H groups in total. The molecule has 220 valence electrons. The van der Waals surface area contributed by atoms with Crippen LogP contribution < -0.4 is 15.2 Å². The molecular formula is C29H45NO9. The lowest BCUT2D eigenvalue weighted by Gasteiger charge is -2.23. The first kappa shape index (κ1) is 33.9. The Balaban J connectivity index is 2.93. The first-order valence-corrected chi connectivity index (χ1v) is 13.0. The van der Waals surface area contributed by atoms with Crippen molar-refractivity contribution in [3.8, 4) is 11.5 Å². The fourth-order valence-corrected chi connectivity index (χ4v) is 2.61. The molecular weight excluding hydrogens is 506 g/mol. The highest BCUT2D eigenvalue weighted by Crippen LogP contribution is 2.33. The van der Waals surface area contributed by atoms with Gasteiger partial charge in [0.1, 0.15) is 18.2 Å². The van der Waals surface area contributed by atoms with Crippen LogP contribution in [0.25, 0.3) is 0 Å². The van der Waals surface area contributed by atoms with Crippen molar-refractivity contribution in [3.05, 3.63) is 23.8 Å². The third-order valence-electron chi connectivity index (χ3n) is 5.26. The molecule has 0 bridgehead atoms. The Bertz CT molecular complexity index is 1030. The zero-order valence-electron chi connectivity index (χ0n) is 25.1. The van der Waals surface area contributed by atoms with Crippen LogP contribution in [0.3, 0.4) is 0 Å². The molecule has 10 nitrogen and oxygen atoms in total. The maximum Gasteiger partial charge on any atom is 0.508 e. The fourth-order valence-electron chi connectivity index (χ4n) is 2.61. The largest absolute Gasteiger partial charge is 0.508 e. The van der Waals surface area contributed by atoms with Crippen LogP contribution in [0.15, 0.2) is 18.2 Å². The Hall–Kier alpha value is -3.14. The number of carbonyl (C=O) groups is 4. The molecule has 0 aliphatic rings. The van der Waals surface area contributed by atoms with Gasteiger partial charge in [0.25, 0.3) is 0 Å². The molecule has 3 atom stereocenters. The highest BCUT2D eigenvalue weighted by molar-refractivity contribution is 5.81. The summed E-state index contributed by atoms with van der Waals surface area (Å²) in [5, 5.41) is 0. The van der Waals surface area contributed by atoms with Gasteiger partial charge in [-0.15, -0.1) is 0 Å². The minimum absolute atomic E-state index is 0.0368. The highest BCUT2D eigenvalue weighted by Gasteiger charge is 2.29. The van der Waals surface area contributed by atoms with Crippen LogP contribution in [-0.2, 0) is 35.0 Å². The first-order valence-electron chi connectivity index (χ1n) is 13.0. The van der Waals surface area contributed by atoms with Gasteiger partial charge in [-0.3, -0.25) is 14.4 Å². The fraction of sp³-hybridized carbons (Fsp3) is 0.655. The summed E-state index contributed by atoms with van der Waals surface area (Å²) < 4.78 is 26.7. The van der Waals surface area contributed by atoms with Crippen LogP contribution in [-0.4, -0.2) is 48.9 Å². The molecule has 0 fully saturated rings. The van der Waals surface area contributed by atoms with Gasteiger partial charge in [-0.1, -0.05) is 26.8 Å². The van der Waals surface area contributed by atoms with Crippen molar-refractivity contribution in [1.82, 2.24) is 0 Å². The van der Waals surface area contributed by atoms with Crippen LogP contribution in [0, 0.1) is 16.2 Å². The standard InChI is InChI=1S/C29H45NO9/c1-17(18(2)37-26(34)35-16-27(3,4)5)36-23(31)20(30)14-19-12-13-21(38-24(32)28(6,7)8)22(15-19)39-25(33)29(9,10)11/h12-13,15,17-18,20H,14,16,30H2,1-11H3/t17-,18?,20-/m0/s1. The average Bonchev–Trinajstić information content (AvgIpc) is 2.77. The van der Waals surface area contributed by atoms with Gasteiger partial charge in [0.2, 0.25) is 0 Å². The van der Waals surface area contributed by atoms with Crippen LogP contribution >= 0.6 is 0 Å². The molecule has 1 aromatic rings. The monoisotopic (exact) mass is 551 g/mol. The van der Waals surface area contributed by atoms with Gasteiger partial charge in [0.15, 0.2) is 11.5 Å². The topological polar surface area (TPSA) is 140 Å². The van der Waals surface area contributed by atoms with Crippen LogP contribution in [0.4, 0.5) is 4.79 Å². The van der Waals surface area contributed by atoms with E-state index in [1.807, 2.05) is 20.8 Å². The van der Waals surface area contributed by atoms with E-state index in [0.29, 0.717) is 5.56 Å². The van der Waals surface area contributed by atoms with Crippen molar-refractivity contribution in [2.45, 2.75) is 101 Å². The minimum Gasteiger partial charge on any atom is -0.458 e. The number of hydrogen-bond acceptors (Lipinski definition) is 10. The number of hydrogen-bond donors (Lipinski definition) is 1. The summed E-state index contributed by atoms with van der Waals surface area (Å²) in [4.78, 5) is 49.6. The lowest BCUT2D eigenvalue weighted by atomic mass is 9.97. The summed E-state index contributed by atoms with van der Waals surface area (Å²) >= 11 is 0. The molecule has 0 aliphatic carbocycles. The summed E-state index contributed by atoms with van der Waals surface area (Å²) in [6.45, 7) is 19.3. The SMILES string of the molecule is CC(OC(=O)OCC(C)(C)C)[C@H](C)OC(=O)[C@@H](N)Cc1ccc(OC(=O)C(C)(C)C)c(OC(=O)C(C)(C)C)c1. The summed E-state index contributed by atoms with van der Waals surface area (Å²) in [6, 6.07) is 3.54. The van der Waals surface area contributed by atoms with Gasteiger partial charge in [-0.25, -0.2) is 4.79 Å². The molecule has 0 spiro atoms. The molecule has 1 rings (SSSR count). The highest BCUT2D eigenvalue weighted by atomic mass is 16.7. The van der Waals surface area contributed by atoms with Crippen molar-refractivity contribution in [2.24, 2.45) is 22.0 Å². The van der Waals surface area contributed by atoms with Crippen molar-refractivity contribution in [1.29, 1.82) is 0 Å². The van der Waals surface area contributed by atoms with Gasteiger partial charge in [0.05, 0.1) is 17.4 Å². The molecule has 39 heavy (non-hydrogen) atoms. The summed E-state index contributed by atoms with van der Waals surface area (Å²) in [5.74, 6) is -1.63. The Morgan fingerprint density at radius 2 is 1.26 bits per heavy atom. The zero-order chi connectivity index (χ0) is 30.3. The van der Waals surface area contributed by atoms with Crippen molar-refractivity contribution < 1.29 is 42.9 Å². The molecule has 0 aliphatic heterocycles. The summed E-state index contributed by atoms with van der Waals surface area (Å²) in [6.07, 6.45) is -2.36. The van der Waals surface area contributed by atoms with Gasteiger partial charge in [-0.2, -0.15) is 0 Å². The van der Waals surface area contributed by atoms with Gasteiger partial charge in [0, 0.05) is 0 Å². The minimum atomic E-state index is -1.07. The van der Waals surface area contributed by atoms with Crippen molar-refractivity contribution in [3.63, 3.8) is 0 Å². The normalized spacial score (nSPS) is 14.5. The van der Waals surface area contributed by atoms with E-state index >= 15 is 0 Å². The summed E-state index contributed by atoms with van der Waals surface area (Å²) in [7, 11) is 0. The number of nitrogens with two attached hydrogens (primary N) is 1. The lowest BCUT2D eigenvalue weighted by molar-refractivity contribution is -0.155. The maximum atomic E-state index is 12.6. The molecule has 1 aromatic carbocycles. The van der Waals surface area contributed by atoms with E-state index in [0.717, 1.165) is 0 Å². The number of carbonyl (C=O) groups excluding carboxylic acids is 4. The maximum absolute atomic E-state index is 12.6. The Morgan fingerprint density at radius 3 is 1.74 bits per heavy atom. The molecule has 0 saturated carbocycles. The van der Waals surface area contributed by atoms with Crippen LogP contribution in [0.1, 0.15) is 81.7 Å². The van der Waals surface area contributed by atoms with Crippen molar-refractivity contribution >= 4 is 24.1 Å². The van der Waals surface area contributed by atoms with E-state index in [2.05, 4.69) is 0 Å². The molecule has 1 unspecified atom stereocenters. The Morgan fingerprint density at radius 1 is 0.769 bits per heavy atom. The van der Waals surface area contributed by atoms with Gasteiger partial charge < -0.3 is 29.4 Å². The van der Waals surface area contributed by atoms with Crippen LogP contribution in [0.2, 0.25) is 0 Å². The average molecular weight is 552 g/mol. The molecule has 0 heterocycles. The lowest BCUT2D eigenvalue weighted by Crippen LogP contribution is -2.39. The van der Waals surface area contributed by atoms with Gasteiger partial charge in [-0.05, 0) is 84.9 Å². The Labute approximate surface area is 231 Å². The number of esters is 3. The van der Waals surface area contributed by atoms with E-state index in [1.165, 1.54) is 12.1 Å². The molecule has 0 amide bonds. The van der Waals surface area contributed by atoms with E-state index in [1.54, 1.807) is 61.5 Å². The van der Waals surface area contributed by atoms with Crippen LogP contribution in [0.5, 0.6) is 11.5 Å². The quantitative estimate of drug-likeness (QED) is 0.330. The predicted octanol–water partition coefficient (Wildman–Crippen LogP) is 4.98.